The zero-order valence-corrected chi connectivity index (χ0v) is 16.7. The van der Waals surface area contributed by atoms with Gasteiger partial charge in [-0.15, -0.1) is 0 Å². The number of ketones is 1. The van der Waals surface area contributed by atoms with Crippen molar-refractivity contribution in [3.05, 3.63) is 41.5 Å². The summed E-state index contributed by atoms with van der Waals surface area (Å²) in [4.78, 5) is 51.3. The second-order valence-corrected chi connectivity index (χ2v) is 7.14. The molecule has 0 amide bonds. The molecule has 0 N–H and O–H groups in total. The molecular weight excluding hydrogens is 376 g/mol. The highest BCUT2D eigenvalue weighted by Crippen LogP contribution is 2.56. The number of allylic oxidation sites excluding steroid dienone is 2. The Labute approximate surface area is 169 Å². The first kappa shape index (κ1) is 20.8. The van der Waals surface area contributed by atoms with Crippen LogP contribution in [-0.2, 0) is 33.4 Å². The molecule has 2 atom stereocenters. The summed E-state index contributed by atoms with van der Waals surface area (Å²) < 4.78 is 15.2. The van der Waals surface area contributed by atoms with Crippen LogP contribution >= 0.6 is 0 Å². The van der Waals surface area contributed by atoms with Gasteiger partial charge in [0.2, 0.25) is 0 Å². The number of esters is 3. The standard InChI is InChI=1S/C22H24O7/c1-4-28-20(25)22(21(26)29-5-2)11-14-15(12-22)17(19(24)27-3)18(23)16(14)13-9-7-6-8-10-13/h6-10,15,17H,4-5,11-12H2,1-3H3/t15-,17+/m1/s1. The zero-order valence-electron chi connectivity index (χ0n) is 16.7. The highest BCUT2D eigenvalue weighted by molar-refractivity contribution is 6.30. The number of methoxy groups -OCH3 is 1. The Hall–Kier alpha value is -2.96. The van der Waals surface area contributed by atoms with Crippen molar-refractivity contribution in [3.8, 4) is 0 Å². The van der Waals surface area contributed by atoms with Crippen LogP contribution < -0.4 is 0 Å². The van der Waals surface area contributed by atoms with Crippen molar-refractivity contribution < 1.29 is 33.4 Å². The maximum absolute atomic E-state index is 13.1. The van der Waals surface area contributed by atoms with E-state index in [1.54, 1.807) is 38.1 Å². The molecule has 29 heavy (non-hydrogen) atoms. The number of Topliss-reactive ketones (excluding diaryl/α,β-unsaturated/α-hetero) is 1. The van der Waals surface area contributed by atoms with Crippen molar-refractivity contribution >= 4 is 29.3 Å². The van der Waals surface area contributed by atoms with Gasteiger partial charge in [-0.2, -0.15) is 0 Å². The lowest BCUT2D eigenvalue weighted by atomic mass is 9.81. The summed E-state index contributed by atoms with van der Waals surface area (Å²) in [7, 11) is 1.22. The van der Waals surface area contributed by atoms with E-state index in [1.165, 1.54) is 7.11 Å². The van der Waals surface area contributed by atoms with Gasteiger partial charge in [0.05, 0.1) is 20.3 Å². The van der Waals surface area contributed by atoms with Crippen LogP contribution in [0.1, 0.15) is 32.3 Å². The molecule has 1 aromatic rings. The fourth-order valence-corrected chi connectivity index (χ4v) is 4.38. The van der Waals surface area contributed by atoms with Gasteiger partial charge in [0.25, 0.3) is 0 Å². The van der Waals surface area contributed by atoms with Gasteiger partial charge >= 0.3 is 17.9 Å². The topological polar surface area (TPSA) is 96.0 Å². The third-order valence-electron chi connectivity index (χ3n) is 5.61. The van der Waals surface area contributed by atoms with E-state index < -0.39 is 35.2 Å². The second kappa shape index (κ2) is 8.19. The van der Waals surface area contributed by atoms with Crippen molar-refractivity contribution in [2.24, 2.45) is 17.3 Å². The molecule has 2 aliphatic carbocycles. The molecule has 0 heterocycles. The Kier molecular flexibility index (Phi) is 5.86. The summed E-state index contributed by atoms with van der Waals surface area (Å²) in [5.41, 5.74) is 0.0607. The number of carbonyl (C=O) groups excluding carboxylic acids is 4. The Morgan fingerprint density at radius 2 is 1.62 bits per heavy atom. The highest BCUT2D eigenvalue weighted by atomic mass is 16.6. The number of rotatable bonds is 6. The van der Waals surface area contributed by atoms with Crippen molar-refractivity contribution in [1.82, 2.24) is 0 Å². The smallest absolute Gasteiger partial charge is 0.323 e. The first-order valence-electron chi connectivity index (χ1n) is 9.66. The maximum Gasteiger partial charge on any atom is 0.323 e. The lowest BCUT2D eigenvalue weighted by Crippen LogP contribution is -2.41. The first-order valence-corrected chi connectivity index (χ1v) is 9.66. The van der Waals surface area contributed by atoms with Crippen LogP contribution in [0.3, 0.4) is 0 Å². The van der Waals surface area contributed by atoms with Crippen LogP contribution in [0.25, 0.3) is 5.57 Å². The molecule has 0 radical (unpaired) electrons. The van der Waals surface area contributed by atoms with E-state index in [9.17, 15) is 19.2 Å². The van der Waals surface area contributed by atoms with E-state index in [1.807, 2.05) is 6.07 Å². The van der Waals surface area contributed by atoms with E-state index in [0.717, 1.165) is 0 Å². The molecule has 154 valence electrons. The van der Waals surface area contributed by atoms with E-state index in [2.05, 4.69) is 0 Å². The molecule has 0 aromatic heterocycles. The Morgan fingerprint density at radius 1 is 1.03 bits per heavy atom. The van der Waals surface area contributed by atoms with Crippen molar-refractivity contribution in [2.75, 3.05) is 20.3 Å². The molecule has 0 unspecified atom stereocenters. The summed E-state index contributed by atoms with van der Waals surface area (Å²) in [5.74, 6) is -4.10. The highest BCUT2D eigenvalue weighted by Gasteiger charge is 2.62. The minimum absolute atomic E-state index is 0.0151. The monoisotopic (exact) mass is 400 g/mol. The Morgan fingerprint density at radius 3 is 2.14 bits per heavy atom. The predicted molar refractivity (Wildman–Crippen MR) is 102 cm³/mol. The van der Waals surface area contributed by atoms with Crippen LogP contribution in [0, 0.1) is 17.3 Å². The number of hydrogen-bond acceptors (Lipinski definition) is 7. The lowest BCUT2D eigenvalue weighted by Gasteiger charge is -2.25. The number of carbonyl (C=O) groups is 4. The van der Waals surface area contributed by atoms with E-state index in [4.69, 9.17) is 14.2 Å². The molecule has 1 saturated carbocycles. The summed E-state index contributed by atoms with van der Waals surface area (Å²) in [6.07, 6.45) is -0.0410. The summed E-state index contributed by atoms with van der Waals surface area (Å²) >= 11 is 0. The fraction of sp³-hybridized carbons (Fsp3) is 0.455. The Balaban J connectivity index is 2.15. The average molecular weight is 400 g/mol. The number of fused-ring (bicyclic) bond motifs is 1. The van der Waals surface area contributed by atoms with Gasteiger partial charge in [-0.1, -0.05) is 35.9 Å². The van der Waals surface area contributed by atoms with Crippen LogP contribution in [0.2, 0.25) is 0 Å². The van der Waals surface area contributed by atoms with Crippen LogP contribution in [-0.4, -0.2) is 44.0 Å². The largest absolute Gasteiger partial charge is 0.468 e. The summed E-state index contributed by atoms with van der Waals surface area (Å²) in [6, 6.07) is 8.93. The lowest BCUT2D eigenvalue weighted by molar-refractivity contribution is -0.172. The third kappa shape index (κ3) is 3.34. The average Bonchev–Trinajstić information content (AvgIpc) is 3.22. The number of ether oxygens (including phenoxy) is 3. The molecule has 1 fully saturated rings. The van der Waals surface area contributed by atoms with Gasteiger partial charge in [-0.3, -0.25) is 19.2 Å². The third-order valence-corrected chi connectivity index (χ3v) is 5.61. The first-order chi connectivity index (χ1) is 13.9. The zero-order chi connectivity index (χ0) is 21.2. The summed E-state index contributed by atoms with van der Waals surface area (Å²) in [5, 5.41) is 0. The number of benzene rings is 1. The maximum atomic E-state index is 13.1. The predicted octanol–water partition coefficient (Wildman–Crippen LogP) is 2.33. The molecule has 0 saturated heterocycles. The van der Waals surface area contributed by atoms with Crippen molar-refractivity contribution in [1.29, 1.82) is 0 Å². The normalized spacial score (nSPS) is 22.2. The second-order valence-electron chi connectivity index (χ2n) is 7.14. The number of hydrogen-bond donors (Lipinski definition) is 0. The van der Waals surface area contributed by atoms with E-state index in [0.29, 0.717) is 16.7 Å². The van der Waals surface area contributed by atoms with Crippen molar-refractivity contribution in [3.63, 3.8) is 0 Å². The molecule has 0 aliphatic heterocycles. The molecule has 1 aromatic carbocycles. The van der Waals surface area contributed by atoms with Gasteiger partial charge in [0, 0.05) is 11.5 Å². The van der Waals surface area contributed by atoms with Crippen molar-refractivity contribution in [2.45, 2.75) is 26.7 Å². The molecule has 7 nitrogen and oxygen atoms in total. The van der Waals surface area contributed by atoms with Gasteiger partial charge in [-0.05, 0) is 32.3 Å². The fourth-order valence-electron chi connectivity index (χ4n) is 4.38. The van der Waals surface area contributed by atoms with Crippen LogP contribution in [0.5, 0.6) is 0 Å². The van der Waals surface area contributed by atoms with Gasteiger partial charge in [-0.25, -0.2) is 0 Å². The van der Waals surface area contributed by atoms with Gasteiger partial charge in [0.15, 0.2) is 11.2 Å². The molecule has 3 rings (SSSR count). The van der Waals surface area contributed by atoms with Crippen LogP contribution in [0.15, 0.2) is 35.9 Å². The Bertz CT molecular complexity index is 850. The molecular formula is C22H24O7. The van der Waals surface area contributed by atoms with Gasteiger partial charge in [0.1, 0.15) is 5.92 Å². The minimum atomic E-state index is -1.57. The van der Waals surface area contributed by atoms with E-state index >= 15 is 0 Å². The SMILES string of the molecule is CCOC(=O)C1(C(=O)OCC)CC2=C(c3ccccc3)C(=O)[C@@H](C(=O)OC)[C@@H]2C1. The molecule has 7 heteroatoms. The van der Waals surface area contributed by atoms with Gasteiger partial charge < -0.3 is 14.2 Å². The van der Waals surface area contributed by atoms with Crippen LogP contribution in [0.4, 0.5) is 0 Å². The molecule has 0 spiro atoms. The van der Waals surface area contributed by atoms with E-state index in [-0.39, 0.29) is 31.8 Å². The molecule has 2 aliphatic rings. The minimum Gasteiger partial charge on any atom is -0.468 e. The summed E-state index contributed by atoms with van der Waals surface area (Å²) in [6.45, 7) is 3.52. The quantitative estimate of drug-likeness (QED) is 0.411. The molecule has 0 bridgehead atoms.